The first-order valence-corrected chi connectivity index (χ1v) is 3.17. The Morgan fingerprint density at radius 2 is 2.27 bits per heavy atom. The third-order valence-corrected chi connectivity index (χ3v) is 0.932. The lowest BCUT2D eigenvalue weighted by Crippen LogP contribution is -2.13. The van der Waals surface area contributed by atoms with Gasteiger partial charge in [0.15, 0.2) is 0 Å². The molecule has 0 heterocycles. The highest BCUT2D eigenvalue weighted by Crippen LogP contribution is 1.93. The predicted molar refractivity (Wildman–Crippen MR) is 39.1 cm³/mol. The molecule has 0 amide bonds. The standard InChI is InChI=1S/C7H12O4/c1-6(5-10-2)7(9)11-4-3-8/h8H,1,3-5H2,2H3. The van der Waals surface area contributed by atoms with E-state index in [1.807, 2.05) is 0 Å². The van der Waals surface area contributed by atoms with E-state index in [0.29, 0.717) is 0 Å². The van der Waals surface area contributed by atoms with Crippen LogP contribution in [0.2, 0.25) is 0 Å². The smallest absolute Gasteiger partial charge is 0.335 e. The van der Waals surface area contributed by atoms with Gasteiger partial charge in [0.05, 0.1) is 18.8 Å². The number of methoxy groups -OCH3 is 1. The van der Waals surface area contributed by atoms with Crippen molar-refractivity contribution in [3.05, 3.63) is 12.2 Å². The van der Waals surface area contributed by atoms with Gasteiger partial charge in [-0.05, 0) is 0 Å². The van der Waals surface area contributed by atoms with Crippen molar-refractivity contribution in [1.82, 2.24) is 0 Å². The van der Waals surface area contributed by atoms with Gasteiger partial charge in [0.2, 0.25) is 0 Å². The fourth-order valence-electron chi connectivity index (χ4n) is 0.474. The van der Waals surface area contributed by atoms with Gasteiger partial charge >= 0.3 is 5.97 Å². The van der Waals surface area contributed by atoms with Gasteiger partial charge in [0, 0.05) is 7.11 Å². The van der Waals surface area contributed by atoms with Crippen LogP contribution < -0.4 is 0 Å². The van der Waals surface area contributed by atoms with E-state index in [1.165, 1.54) is 7.11 Å². The van der Waals surface area contributed by atoms with Crippen LogP contribution in [-0.2, 0) is 14.3 Å². The molecule has 0 aromatic heterocycles. The van der Waals surface area contributed by atoms with Crippen molar-refractivity contribution in [2.45, 2.75) is 0 Å². The Bertz CT molecular complexity index is 141. The molecule has 0 atom stereocenters. The quantitative estimate of drug-likeness (QED) is 0.444. The normalized spacial score (nSPS) is 9.27. The van der Waals surface area contributed by atoms with E-state index in [0.717, 1.165) is 0 Å². The van der Waals surface area contributed by atoms with Gasteiger partial charge in [-0.3, -0.25) is 0 Å². The maximum absolute atomic E-state index is 10.8. The van der Waals surface area contributed by atoms with Gasteiger partial charge in [-0.2, -0.15) is 0 Å². The minimum atomic E-state index is -0.527. The fourth-order valence-corrected chi connectivity index (χ4v) is 0.474. The van der Waals surface area contributed by atoms with Crippen LogP contribution in [0.25, 0.3) is 0 Å². The first-order valence-electron chi connectivity index (χ1n) is 3.17. The molecule has 0 rings (SSSR count). The Kier molecular flexibility index (Phi) is 5.42. The number of aliphatic hydroxyl groups is 1. The zero-order valence-corrected chi connectivity index (χ0v) is 6.50. The maximum Gasteiger partial charge on any atom is 0.335 e. The Labute approximate surface area is 65.4 Å². The average molecular weight is 160 g/mol. The molecule has 64 valence electrons. The number of esters is 1. The summed E-state index contributed by atoms with van der Waals surface area (Å²) in [6, 6.07) is 0. The Balaban J connectivity index is 3.56. The van der Waals surface area contributed by atoms with E-state index >= 15 is 0 Å². The minimum absolute atomic E-state index is 0.00156. The van der Waals surface area contributed by atoms with Gasteiger partial charge in [-0.25, -0.2) is 4.79 Å². The zero-order valence-electron chi connectivity index (χ0n) is 6.50. The summed E-state index contributed by atoms with van der Waals surface area (Å²) in [5.74, 6) is -0.527. The van der Waals surface area contributed by atoms with Gasteiger partial charge in [0.25, 0.3) is 0 Å². The van der Waals surface area contributed by atoms with Crippen LogP contribution in [0.15, 0.2) is 12.2 Å². The van der Waals surface area contributed by atoms with Crippen molar-refractivity contribution in [3.63, 3.8) is 0 Å². The molecule has 11 heavy (non-hydrogen) atoms. The zero-order chi connectivity index (χ0) is 8.69. The van der Waals surface area contributed by atoms with Gasteiger partial charge < -0.3 is 14.6 Å². The van der Waals surface area contributed by atoms with Gasteiger partial charge in [0.1, 0.15) is 6.61 Å². The third kappa shape index (κ3) is 4.52. The van der Waals surface area contributed by atoms with Crippen LogP contribution in [0.5, 0.6) is 0 Å². The molecule has 4 nitrogen and oxygen atoms in total. The summed E-state index contributed by atoms with van der Waals surface area (Å²) in [5.41, 5.74) is 0.251. The fraction of sp³-hybridized carbons (Fsp3) is 0.571. The molecule has 4 heteroatoms. The van der Waals surface area contributed by atoms with Crippen LogP contribution in [0, 0.1) is 0 Å². The molecule has 0 aliphatic rings. The van der Waals surface area contributed by atoms with Crippen molar-refractivity contribution < 1.29 is 19.4 Å². The van der Waals surface area contributed by atoms with Crippen molar-refractivity contribution in [2.75, 3.05) is 26.9 Å². The number of hydrogen-bond acceptors (Lipinski definition) is 4. The maximum atomic E-state index is 10.8. The highest BCUT2D eigenvalue weighted by atomic mass is 16.5. The Morgan fingerprint density at radius 1 is 1.64 bits per heavy atom. The lowest BCUT2D eigenvalue weighted by molar-refractivity contribution is -0.140. The summed E-state index contributed by atoms with van der Waals surface area (Å²) in [6.45, 7) is 3.40. The second-order valence-electron chi connectivity index (χ2n) is 1.90. The third-order valence-electron chi connectivity index (χ3n) is 0.932. The molecular formula is C7H12O4. The number of rotatable bonds is 5. The topological polar surface area (TPSA) is 55.8 Å². The molecule has 1 N–H and O–H groups in total. The molecule has 0 fully saturated rings. The van der Waals surface area contributed by atoms with E-state index in [1.54, 1.807) is 0 Å². The highest BCUT2D eigenvalue weighted by molar-refractivity contribution is 5.87. The van der Waals surface area contributed by atoms with Crippen molar-refractivity contribution in [2.24, 2.45) is 0 Å². The molecule has 0 saturated carbocycles. The lowest BCUT2D eigenvalue weighted by atomic mass is 10.3. The van der Waals surface area contributed by atoms with E-state index < -0.39 is 5.97 Å². The van der Waals surface area contributed by atoms with E-state index in [4.69, 9.17) is 5.11 Å². The number of hydrogen-bond donors (Lipinski definition) is 1. The van der Waals surface area contributed by atoms with E-state index in [2.05, 4.69) is 16.1 Å². The van der Waals surface area contributed by atoms with Crippen LogP contribution in [0.1, 0.15) is 0 Å². The Hall–Kier alpha value is -0.870. The molecule has 0 saturated heterocycles. The summed E-state index contributed by atoms with van der Waals surface area (Å²) in [5, 5.41) is 8.29. The summed E-state index contributed by atoms with van der Waals surface area (Å²) in [6.07, 6.45) is 0. The molecule has 0 radical (unpaired) electrons. The van der Waals surface area contributed by atoms with Gasteiger partial charge in [-0.15, -0.1) is 0 Å². The SMILES string of the molecule is C=C(COC)C(=O)OCCO. The van der Waals surface area contributed by atoms with Crippen molar-refractivity contribution in [3.8, 4) is 0 Å². The van der Waals surface area contributed by atoms with Crippen LogP contribution in [0.4, 0.5) is 0 Å². The average Bonchev–Trinajstić information content (AvgIpc) is 2.00. The highest BCUT2D eigenvalue weighted by Gasteiger charge is 2.06. The van der Waals surface area contributed by atoms with Crippen LogP contribution in [-0.4, -0.2) is 38.0 Å². The molecule has 0 unspecified atom stereocenters. The molecule has 0 spiro atoms. The largest absolute Gasteiger partial charge is 0.460 e. The minimum Gasteiger partial charge on any atom is -0.460 e. The summed E-state index contributed by atoms with van der Waals surface area (Å²) < 4.78 is 9.18. The summed E-state index contributed by atoms with van der Waals surface area (Å²) in [4.78, 5) is 10.8. The number of carbonyl (C=O) groups excluding carboxylic acids is 1. The molecule has 0 bridgehead atoms. The van der Waals surface area contributed by atoms with Gasteiger partial charge in [-0.1, -0.05) is 6.58 Å². The second kappa shape index (κ2) is 5.88. The second-order valence-corrected chi connectivity index (χ2v) is 1.90. The van der Waals surface area contributed by atoms with Crippen molar-refractivity contribution in [1.29, 1.82) is 0 Å². The van der Waals surface area contributed by atoms with Crippen LogP contribution >= 0.6 is 0 Å². The number of carbonyl (C=O) groups is 1. The molecule has 0 aliphatic carbocycles. The molecular weight excluding hydrogens is 148 g/mol. The van der Waals surface area contributed by atoms with E-state index in [-0.39, 0.29) is 25.4 Å². The van der Waals surface area contributed by atoms with Crippen molar-refractivity contribution >= 4 is 5.97 Å². The van der Waals surface area contributed by atoms with Crippen LogP contribution in [0.3, 0.4) is 0 Å². The first-order chi connectivity index (χ1) is 5.22. The summed E-state index contributed by atoms with van der Waals surface area (Å²) >= 11 is 0. The summed E-state index contributed by atoms with van der Waals surface area (Å²) in [7, 11) is 1.46. The van der Waals surface area contributed by atoms with E-state index in [9.17, 15) is 4.79 Å². The monoisotopic (exact) mass is 160 g/mol. The lowest BCUT2D eigenvalue weighted by Gasteiger charge is -2.03. The number of ether oxygens (including phenoxy) is 2. The Morgan fingerprint density at radius 3 is 2.73 bits per heavy atom. The first kappa shape index (κ1) is 10.1. The number of aliphatic hydroxyl groups excluding tert-OH is 1. The molecule has 0 aromatic carbocycles. The predicted octanol–water partition coefficient (Wildman–Crippen LogP) is -0.276. The molecule has 0 aliphatic heterocycles. The molecule has 0 aromatic rings.